The average molecular weight is 346 g/mol. The Morgan fingerprint density at radius 3 is 3.00 bits per heavy atom. The first-order valence-electron chi connectivity index (χ1n) is 8.22. The van der Waals surface area contributed by atoms with Crippen molar-refractivity contribution in [1.82, 2.24) is 19.8 Å². The smallest absolute Gasteiger partial charge is 0.249 e. The van der Waals surface area contributed by atoms with Gasteiger partial charge in [-0.25, -0.2) is 4.98 Å². The Morgan fingerprint density at radius 1 is 1.44 bits per heavy atom. The van der Waals surface area contributed by atoms with Crippen LogP contribution in [0.15, 0.2) is 29.0 Å². The standard InChI is InChI=1S/C17H22N4O4/c1-12-17-19-13(8-15(22)18-9-14-4-3-7-25-14)10-20(17)5-6-21(12)16(23)11-24-2/h3-4,7,10,12H,5-6,8-9,11H2,1-2H3,(H,18,22). The summed E-state index contributed by atoms with van der Waals surface area (Å²) in [7, 11) is 1.51. The Labute approximate surface area is 145 Å². The topological polar surface area (TPSA) is 89.6 Å². The molecule has 1 aliphatic rings. The van der Waals surface area contributed by atoms with E-state index in [9.17, 15) is 9.59 Å². The number of rotatable bonds is 6. The second kappa shape index (κ2) is 7.52. The maximum Gasteiger partial charge on any atom is 0.249 e. The zero-order valence-electron chi connectivity index (χ0n) is 14.4. The molecule has 0 aliphatic carbocycles. The van der Waals surface area contributed by atoms with Gasteiger partial charge >= 0.3 is 0 Å². The lowest BCUT2D eigenvalue weighted by molar-refractivity contribution is -0.138. The second-order valence-corrected chi connectivity index (χ2v) is 6.01. The summed E-state index contributed by atoms with van der Waals surface area (Å²) in [6, 6.07) is 3.45. The van der Waals surface area contributed by atoms with Gasteiger partial charge in [0.25, 0.3) is 0 Å². The van der Waals surface area contributed by atoms with Gasteiger partial charge in [-0.3, -0.25) is 9.59 Å². The summed E-state index contributed by atoms with van der Waals surface area (Å²) in [5.41, 5.74) is 0.694. The van der Waals surface area contributed by atoms with Gasteiger partial charge in [0.1, 0.15) is 18.2 Å². The maximum absolute atomic E-state index is 12.1. The lowest BCUT2D eigenvalue weighted by Gasteiger charge is -2.33. The van der Waals surface area contributed by atoms with Crippen LogP contribution in [0.5, 0.6) is 0 Å². The minimum atomic E-state index is -0.142. The second-order valence-electron chi connectivity index (χ2n) is 6.01. The third-order valence-corrected chi connectivity index (χ3v) is 4.25. The number of nitrogens with zero attached hydrogens (tertiary/aromatic N) is 3. The van der Waals surface area contributed by atoms with Crippen molar-refractivity contribution < 1.29 is 18.7 Å². The molecule has 0 bridgehead atoms. The average Bonchev–Trinajstić information content (AvgIpc) is 3.23. The minimum Gasteiger partial charge on any atom is -0.467 e. The van der Waals surface area contributed by atoms with Crippen LogP contribution in [-0.4, -0.2) is 46.5 Å². The number of furan rings is 1. The van der Waals surface area contributed by atoms with Crippen LogP contribution in [0.3, 0.4) is 0 Å². The fourth-order valence-electron chi connectivity index (χ4n) is 3.01. The van der Waals surface area contributed by atoms with Crippen molar-refractivity contribution in [3.63, 3.8) is 0 Å². The Morgan fingerprint density at radius 2 is 2.28 bits per heavy atom. The highest BCUT2D eigenvalue weighted by Crippen LogP contribution is 2.24. The van der Waals surface area contributed by atoms with Crippen LogP contribution < -0.4 is 5.32 Å². The third kappa shape index (κ3) is 3.90. The SMILES string of the molecule is COCC(=O)N1CCn2cc(CC(=O)NCc3ccco3)nc2C1C. The first kappa shape index (κ1) is 17.2. The van der Waals surface area contributed by atoms with Gasteiger partial charge in [-0.05, 0) is 19.1 Å². The van der Waals surface area contributed by atoms with E-state index in [1.54, 1.807) is 17.2 Å². The van der Waals surface area contributed by atoms with E-state index in [0.717, 1.165) is 5.82 Å². The zero-order valence-corrected chi connectivity index (χ0v) is 14.4. The summed E-state index contributed by atoms with van der Waals surface area (Å²) >= 11 is 0. The number of methoxy groups -OCH3 is 1. The Bertz CT molecular complexity index is 738. The number of carbonyl (C=O) groups excluding carboxylic acids is 2. The van der Waals surface area contributed by atoms with E-state index in [0.29, 0.717) is 31.1 Å². The summed E-state index contributed by atoms with van der Waals surface area (Å²) in [6.45, 7) is 3.63. The molecule has 134 valence electrons. The van der Waals surface area contributed by atoms with Gasteiger partial charge in [-0.1, -0.05) is 0 Å². The molecule has 0 radical (unpaired) electrons. The molecule has 25 heavy (non-hydrogen) atoms. The van der Waals surface area contributed by atoms with E-state index in [1.165, 1.54) is 7.11 Å². The van der Waals surface area contributed by atoms with E-state index in [-0.39, 0.29) is 30.9 Å². The van der Waals surface area contributed by atoms with Crippen LogP contribution in [0.2, 0.25) is 0 Å². The van der Waals surface area contributed by atoms with E-state index in [1.807, 2.05) is 23.8 Å². The van der Waals surface area contributed by atoms with Gasteiger partial charge in [0, 0.05) is 26.4 Å². The number of imidazole rings is 1. The van der Waals surface area contributed by atoms with Crippen LogP contribution in [0.1, 0.15) is 30.2 Å². The molecule has 0 saturated carbocycles. The Hall–Kier alpha value is -2.61. The van der Waals surface area contributed by atoms with E-state index in [4.69, 9.17) is 9.15 Å². The van der Waals surface area contributed by atoms with Gasteiger partial charge in [0.15, 0.2) is 0 Å². The number of hydrogen-bond donors (Lipinski definition) is 1. The predicted octanol–water partition coefficient (Wildman–Crippen LogP) is 0.885. The van der Waals surface area contributed by atoms with E-state index >= 15 is 0 Å². The number of carbonyl (C=O) groups is 2. The lowest BCUT2D eigenvalue weighted by Crippen LogP contribution is -2.42. The highest BCUT2D eigenvalue weighted by atomic mass is 16.5. The van der Waals surface area contributed by atoms with Crippen LogP contribution in [0, 0.1) is 0 Å². The molecule has 1 N–H and O–H groups in total. The van der Waals surface area contributed by atoms with E-state index < -0.39 is 0 Å². The number of ether oxygens (including phenoxy) is 1. The summed E-state index contributed by atoms with van der Waals surface area (Å²) in [5.74, 6) is 1.33. The fraction of sp³-hybridized carbons (Fsp3) is 0.471. The molecule has 1 atom stereocenters. The largest absolute Gasteiger partial charge is 0.467 e. The highest BCUT2D eigenvalue weighted by molar-refractivity contribution is 5.78. The Kier molecular flexibility index (Phi) is 5.18. The first-order valence-corrected chi connectivity index (χ1v) is 8.22. The van der Waals surface area contributed by atoms with Gasteiger partial charge in [-0.15, -0.1) is 0 Å². The molecular weight excluding hydrogens is 324 g/mol. The molecule has 8 heteroatoms. The van der Waals surface area contributed by atoms with Crippen molar-refractivity contribution in [2.24, 2.45) is 0 Å². The molecular formula is C17H22N4O4. The van der Waals surface area contributed by atoms with Crippen molar-refractivity contribution in [1.29, 1.82) is 0 Å². The summed E-state index contributed by atoms with van der Waals surface area (Å²) in [6.07, 6.45) is 3.65. The van der Waals surface area contributed by atoms with Gasteiger partial charge in [0.05, 0.1) is 31.0 Å². The van der Waals surface area contributed by atoms with Gasteiger partial charge in [0.2, 0.25) is 11.8 Å². The molecule has 2 aromatic rings. The number of amides is 2. The summed E-state index contributed by atoms with van der Waals surface area (Å²) < 4.78 is 12.1. The molecule has 3 rings (SSSR count). The van der Waals surface area contributed by atoms with Crippen LogP contribution in [0.25, 0.3) is 0 Å². The molecule has 0 aromatic carbocycles. The van der Waals surface area contributed by atoms with Crippen molar-refractivity contribution in [2.75, 3.05) is 20.3 Å². The fourth-order valence-corrected chi connectivity index (χ4v) is 3.01. The molecule has 2 amide bonds. The van der Waals surface area contributed by atoms with Crippen molar-refractivity contribution in [2.45, 2.75) is 32.5 Å². The van der Waals surface area contributed by atoms with Crippen molar-refractivity contribution in [3.05, 3.63) is 41.9 Å². The number of hydrogen-bond acceptors (Lipinski definition) is 5. The van der Waals surface area contributed by atoms with Gasteiger partial charge in [-0.2, -0.15) is 0 Å². The highest BCUT2D eigenvalue weighted by Gasteiger charge is 2.29. The Balaban J connectivity index is 1.61. The molecule has 0 fully saturated rings. The molecule has 1 unspecified atom stereocenters. The molecule has 0 spiro atoms. The molecule has 2 aromatic heterocycles. The summed E-state index contributed by atoms with van der Waals surface area (Å²) in [5, 5.41) is 2.81. The maximum atomic E-state index is 12.1. The van der Waals surface area contributed by atoms with Crippen molar-refractivity contribution >= 4 is 11.8 Å². The third-order valence-electron chi connectivity index (χ3n) is 4.25. The monoisotopic (exact) mass is 346 g/mol. The number of aromatic nitrogens is 2. The quantitative estimate of drug-likeness (QED) is 0.839. The minimum absolute atomic E-state index is 0.0537. The molecule has 8 nitrogen and oxygen atoms in total. The predicted molar refractivity (Wildman–Crippen MR) is 88.5 cm³/mol. The normalized spacial score (nSPS) is 16.6. The van der Waals surface area contributed by atoms with Crippen LogP contribution in [0.4, 0.5) is 0 Å². The van der Waals surface area contributed by atoms with Crippen molar-refractivity contribution in [3.8, 4) is 0 Å². The molecule has 3 heterocycles. The first-order chi connectivity index (χ1) is 12.1. The molecule has 0 saturated heterocycles. The number of fused-ring (bicyclic) bond motifs is 1. The van der Waals surface area contributed by atoms with E-state index in [2.05, 4.69) is 10.3 Å². The molecule has 1 aliphatic heterocycles. The lowest BCUT2D eigenvalue weighted by atomic mass is 10.2. The van der Waals surface area contributed by atoms with Crippen LogP contribution in [-0.2, 0) is 33.8 Å². The van der Waals surface area contributed by atoms with Crippen LogP contribution >= 0.6 is 0 Å². The zero-order chi connectivity index (χ0) is 17.8. The number of nitrogens with one attached hydrogen (secondary N) is 1. The van der Waals surface area contributed by atoms with Gasteiger partial charge < -0.3 is 23.9 Å². The summed E-state index contributed by atoms with van der Waals surface area (Å²) in [4.78, 5) is 30.5.